The zero-order valence-corrected chi connectivity index (χ0v) is 14.9. The van der Waals surface area contributed by atoms with E-state index in [2.05, 4.69) is 29.0 Å². The first-order valence-electron chi connectivity index (χ1n) is 9.92. The molecular formula is C19H37N3. The number of fused-ring (bicyclic) bond motifs is 1. The van der Waals surface area contributed by atoms with E-state index < -0.39 is 0 Å². The van der Waals surface area contributed by atoms with Crippen molar-refractivity contribution in [2.24, 2.45) is 11.8 Å². The van der Waals surface area contributed by atoms with E-state index in [0.29, 0.717) is 0 Å². The maximum Gasteiger partial charge on any atom is 0.0136 e. The minimum atomic E-state index is 0.780. The summed E-state index contributed by atoms with van der Waals surface area (Å²) in [6, 6.07) is 1.68. The molecule has 0 aliphatic carbocycles. The van der Waals surface area contributed by atoms with Gasteiger partial charge >= 0.3 is 0 Å². The van der Waals surface area contributed by atoms with E-state index in [1.807, 2.05) is 0 Å². The SMILES string of the molecule is CC(C)CN1CCC(NC[C@@H]2CCCN3CCCC[C@H]23)CC1. The number of rotatable bonds is 5. The van der Waals surface area contributed by atoms with Crippen molar-refractivity contribution in [1.29, 1.82) is 0 Å². The van der Waals surface area contributed by atoms with Crippen LogP contribution < -0.4 is 5.32 Å². The summed E-state index contributed by atoms with van der Waals surface area (Å²) in [5.41, 5.74) is 0. The van der Waals surface area contributed by atoms with Crippen LogP contribution in [0.15, 0.2) is 0 Å². The van der Waals surface area contributed by atoms with E-state index in [1.165, 1.54) is 84.2 Å². The van der Waals surface area contributed by atoms with Gasteiger partial charge in [-0.15, -0.1) is 0 Å². The molecule has 0 radical (unpaired) electrons. The molecule has 2 atom stereocenters. The molecule has 0 amide bonds. The van der Waals surface area contributed by atoms with Crippen molar-refractivity contribution in [2.75, 3.05) is 39.3 Å². The summed E-state index contributed by atoms with van der Waals surface area (Å²) in [5, 5.41) is 3.94. The predicted molar refractivity (Wildman–Crippen MR) is 94.2 cm³/mol. The van der Waals surface area contributed by atoms with Gasteiger partial charge < -0.3 is 15.1 Å². The topological polar surface area (TPSA) is 18.5 Å². The van der Waals surface area contributed by atoms with Crippen molar-refractivity contribution >= 4 is 0 Å². The molecule has 0 aromatic heterocycles. The van der Waals surface area contributed by atoms with E-state index in [1.54, 1.807) is 0 Å². The number of piperidine rings is 3. The van der Waals surface area contributed by atoms with E-state index >= 15 is 0 Å². The maximum absolute atomic E-state index is 3.94. The fourth-order valence-corrected chi connectivity index (χ4v) is 4.97. The second-order valence-electron chi connectivity index (χ2n) is 8.38. The van der Waals surface area contributed by atoms with Crippen LogP contribution in [-0.2, 0) is 0 Å². The third-order valence-corrected chi connectivity index (χ3v) is 6.11. The Labute approximate surface area is 137 Å². The highest BCUT2D eigenvalue weighted by atomic mass is 15.2. The molecule has 22 heavy (non-hydrogen) atoms. The average molecular weight is 308 g/mol. The lowest BCUT2D eigenvalue weighted by molar-refractivity contribution is 0.0565. The lowest BCUT2D eigenvalue weighted by Gasteiger charge is -2.45. The highest BCUT2D eigenvalue weighted by Crippen LogP contribution is 2.30. The van der Waals surface area contributed by atoms with Crippen LogP contribution in [0.2, 0.25) is 0 Å². The number of nitrogens with one attached hydrogen (secondary N) is 1. The summed E-state index contributed by atoms with van der Waals surface area (Å²) >= 11 is 0. The number of hydrogen-bond acceptors (Lipinski definition) is 3. The van der Waals surface area contributed by atoms with Gasteiger partial charge in [0.2, 0.25) is 0 Å². The number of nitrogens with zero attached hydrogens (tertiary/aromatic N) is 2. The Balaban J connectivity index is 1.39. The number of likely N-dealkylation sites (tertiary alicyclic amines) is 1. The molecule has 3 aliphatic rings. The monoisotopic (exact) mass is 307 g/mol. The van der Waals surface area contributed by atoms with E-state index in [-0.39, 0.29) is 0 Å². The predicted octanol–water partition coefficient (Wildman–Crippen LogP) is 2.96. The zero-order valence-electron chi connectivity index (χ0n) is 14.9. The van der Waals surface area contributed by atoms with Gasteiger partial charge in [-0.05, 0) is 83.1 Å². The molecule has 3 nitrogen and oxygen atoms in total. The van der Waals surface area contributed by atoms with Crippen LogP contribution in [0.5, 0.6) is 0 Å². The smallest absolute Gasteiger partial charge is 0.0136 e. The summed E-state index contributed by atoms with van der Waals surface area (Å²) in [6.45, 7) is 12.6. The molecule has 0 bridgehead atoms. The third-order valence-electron chi connectivity index (χ3n) is 6.11. The molecular weight excluding hydrogens is 270 g/mol. The van der Waals surface area contributed by atoms with E-state index in [9.17, 15) is 0 Å². The van der Waals surface area contributed by atoms with Crippen LogP contribution in [0, 0.1) is 11.8 Å². The average Bonchev–Trinajstić information content (AvgIpc) is 2.54. The van der Waals surface area contributed by atoms with Crippen LogP contribution >= 0.6 is 0 Å². The summed E-state index contributed by atoms with van der Waals surface area (Å²) in [5.74, 6) is 1.73. The highest BCUT2D eigenvalue weighted by molar-refractivity contribution is 4.89. The molecule has 128 valence electrons. The fourth-order valence-electron chi connectivity index (χ4n) is 4.97. The molecule has 3 saturated heterocycles. The minimum absolute atomic E-state index is 0.780. The Kier molecular flexibility index (Phi) is 6.17. The van der Waals surface area contributed by atoms with Crippen LogP contribution in [-0.4, -0.2) is 61.2 Å². The Morgan fingerprint density at radius 3 is 2.45 bits per heavy atom. The van der Waals surface area contributed by atoms with Gasteiger partial charge in [-0.3, -0.25) is 0 Å². The van der Waals surface area contributed by atoms with Crippen molar-refractivity contribution in [3.05, 3.63) is 0 Å². The lowest BCUT2D eigenvalue weighted by atomic mass is 9.83. The van der Waals surface area contributed by atoms with Gasteiger partial charge in [0.05, 0.1) is 0 Å². The minimum Gasteiger partial charge on any atom is -0.314 e. The van der Waals surface area contributed by atoms with Gasteiger partial charge in [0, 0.05) is 18.6 Å². The highest BCUT2D eigenvalue weighted by Gasteiger charge is 2.33. The molecule has 0 unspecified atom stereocenters. The summed E-state index contributed by atoms with van der Waals surface area (Å²) < 4.78 is 0. The standard InChI is InChI=1S/C19H37N3/c1-16(2)15-21-12-8-18(9-13-21)20-14-17-6-5-11-22-10-4-3-7-19(17)22/h16-20H,3-15H2,1-2H3/t17-,19+/m0/s1. The van der Waals surface area contributed by atoms with Crippen LogP contribution in [0.1, 0.15) is 58.8 Å². The van der Waals surface area contributed by atoms with Gasteiger partial charge in [-0.1, -0.05) is 20.3 Å². The van der Waals surface area contributed by atoms with E-state index in [0.717, 1.165) is 23.9 Å². The molecule has 3 rings (SSSR count). The largest absolute Gasteiger partial charge is 0.314 e. The van der Waals surface area contributed by atoms with Crippen LogP contribution in [0.25, 0.3) is 0 Å². The fraction of sp³-hybridized carbons (Fsp3) is 1.00. The Morgan fingerprint density at radius 1 is 0.909 bits per heavy atom. The van der Waals surface area contributed by atoms with Gasteiger partial charge in [-0.25, -0.2) is 0 Å². The second kappa shape index (κ2) is 8.12. The van der Waals surface area contributed by atoms with Crippen molar-refractivity contribution in [3.63, 3.8) is 0 Å². The first-order chi connectivity index (χ1) is 10.7. The first-order valence-corrected chi connectivity index (χ1v) is 9.92. The Bertz CT molecular complexity index is 321. The zero-order chi connectivity index (χ0) is 15.4. The van der Waals surface area contributed by atoms with Crippen molar-refractivity contribution in [2.45, 2.75) is 70.9 Å². The van der Waals surface area contributed by atoms with Crippen LogP contribution in [0.4, 0.5) is 0 Å². The molecule has 3 fully saturated rings. The first kappa shape index (κ1) is 16.7. The molecule has 3 heteroatoms. The second-order valence-corrected chi connectivity index (χ2v) is 8.38. The third kappa shape index (κ3) is 4.46. The van der Waals surface area contributed by atoms with E-state index in [4.69, 9.17) is 0 Å². The molecule has 0 aromatic rings. The molecule has 0 aromatic carbocycles. The molecule has 3 heterocycles. The Hall–Kier alpha value is -0.120. The molecule has 0 spiro atoms. The van der Waals surface area contributed by atoms with Crippen LogP contribution in [0.3, 0.4) is 0 Å². The van der Waals surface area contributed by atoms with Crippen molar-refractivity contribution < 1.29 is 0 Å². The summed E-state index contributed by atoms with van der Waals surface area (Å²) in [7, 11) is 0. The summed E-state index contributed by atoms with van der Waals surface area (Å²) in [6.07, 6.45) is 9.95. The van der Waals surface area contributed by atoms with Gasteiger partial charge in [-0.2, -0.15) is 0 Å². The lowest BCUT2D eigenvalue weighted by Crippen LogP contribution is -2.52. The van der Waals surface area contributed by atoms with Gasteiger partial charge in [0.15, 0.2) is 0 Å². The molecule has 0 saturated carbocycles. The maximum atomic E-state index is 3.94. The quantitative estimate of drug-likeness (QED) is 0.842. The van der Waals surface area contributed by atoms with Crippen molar-refractivity contribution in [1.82, 2.24) is 15.1 Å². The normalized spacial score (nSPS) is 32.3. The van der Waals surface area contributed by atoms with Gasteiger partial charge in [0.1, 0.15) is 0 Å². The van der Waals surface area contributed by atoms with Crippen molar-refractivity contribution in [3.8, 4) is 0 Å². The molecule has 3 aliphatic heterocycles. The van der Waals surface area contributed by atoms with Gasteiger partial charge in [0.25, 0.3) is 0 Å². The number of hydrogen-bond donors (Lipinski definition) is 1. The molecule has 1 N–H and O–H groups in total. The summed E-state index contributed by atoms with van der Waals surface area (Å²) in [4.78, 5) is 5.46. The Morgan fingerprint density at radius 2 is 1.68 bits per heavy atom.